The van der Waals surface area contributed by atoms with Gasteiger partial charge in [-0.25, -0.2) is 8.78 Å². The molecule has 2 aromatic rings. The van der Waals surface area contributed by atoms with Gasteiger partial charge in [-0.1, -0.05) is 6.07 Å². The number of aliphatic hydroxyl groups excluding tert-OH is 1. The molecule has 0 fully saturated rings. The number of thiophene rings is 1. The fourth-order valence-corrected chi connectivity index (χ4v) is 3.28. The monoisotopic (exact) mass is 332 g/mol. The third kappa shape index (κ3) is 3.37. The molecular formula is C13H11BrF2OS. The van der Waals surface area contributed by atoms with Crippen molar-refractivity contribution in [2.24, 2.45) is 0 Å². The molecule has 0 aliphatic rings. The molecule has 0 aliphatic carbocycles. The van der Waals surface area contributed by atoms with Crippen LogP contribution >= 0.6 is 27.3 Å². The second-order valence-corrected chi connectivity index (χ2v) is 6.52. The number of rotatable bonds is 4. The van der Waals surface area contributed by atoms with Crippen LogP contribution in [-0.2, 0) is 12.8 Å². The lowest BCUT2D eigenvalue weighted by molar-refractivity contribution is 0.173. The van der Waals surface area contributed by atoms with Crippen LogP contribution in [0.3, 0.4) is 0 Å². The van der Waals surface area contributed by atoms with Crippen molar-refractivity contribution in [2.45, 2.75) is 18.9 Å². The van der Waals surface area contributed by atoms with E-state index in [1.165, 1.54) is 29.5 Å². The maximum absolute atomic E-state index is 13.4. The van der Waals surface area contributed by atoms with Crippen molar-refractivity contribution in [2.75, 3.05) is 0 Å². The first kappa shape index (κ1) is 13.6. The van der Waals surface area contributed by atoms with Crippen LogP contribution in [0.25, 0.3) is 0 Å². The maximum atomic E-state index is 13.4. The van der Waals surface area contributed by atoms with E-state index < -0.39 is 17.7 Å². The van der Waals surface area contributed by atoms with Crippen LogP contribution in [0.5, 0.6) is 0 Å². The normalized spacial score (nSPS) is 12.7. The van der Waals surface area contributed by atoms with Gasteiger partial charge in [-0.2, -0.15) is 0 Å². The number of benzene rings is 1. The summed E-state index contributed by atoms with van der Waals surface area (Å²) in [6, 6.07) is 7.49. The summed E-state index contributed by atoms with van der Waals surface area (Å²) in [6.07, 6.45) is -0.417. The molecule has 0 amide bonds. The maximum Gasteiger partial charge on any atom is 0.129 e. The van der Waals surface area contributed by atoms with Crippen molar-refractivity contribution >= 4 is 27.3 Å². The Morgan fingerprint density at radius 2 is 1.78 bits per heavy atom. The molecule has 1 N–H and O–H groups in total. The minimum absolute atomic E-state index is 0.0198. The molecular weight excluding hydrogens is 322 g/mol. The molecule has 1 atom stereocenters. The zero-order valence-electron chi connectivity index (χ0n) is 9.37. The lowest BCUT2D eigenvalue weighted by Gasteiger charge is -2.10. The van der Waals surface area contributed by atoms with Gasteiger partial charge >= 0.3 is 0 Å². The minimum atomic E-state index is -0.790. The third-order valence-corrected chi connectivity index (χ3v) is 4.21. The largest absolute Gasteiger partial charge is 0.392 e. The molecule has 96 valence electrons. The summed E-state index contributed by atoms with van der Waals surface area (Å²) in [5, 5.41) is 9.87. The SMILES string of the molecule is OC(Cc1ccc(Br)s1)Cc1c(F)cccc1F. The molecule has 0 saturated carbocycles. The molecule has 0 bridgehead atoms. The van der Waals surface area contributed by atoms with Crippen molar-refractivity contribution in [3.8, 4) is 0 Å². The van der Waals surface area contributed by atoms with Gasteiger partial charge in [-0.15, -0.1) is 11.3 Å². The van der Waals surface area contributed by atoms with Crippen LogP contribution in [0.2, 0.25) is 0 Å². The Balaban J connectivity index is 2.05. The average Bonchev–Trinajstić information content (AvgIpc) is 2.69. The fraction of sp³-hybridized carbons (Fsp3) is 0.231. The van der Waals surface area contributed by atoms with Crippen molar-refractivity contribution in [1.82, 2.24) is 0 Å². The zero-order chi connectivity index (χ0) is 13.1. The van der Waals surface area contributed by atoms with E-state index in [0.29, 0.717) is 6.42 Å². The summed E-state index contributed by atoms with van der Waals surface area (Å²) in [5.41, 5.74) is -0.0550. The van der Waals surface area contributed by atoms with Crippen LogP contribution in [0, 0.1) is 11.6 Å². The Labute approximate surface area is 116 Å². The highest BCUT2D eigenvalue weighted by molar-refractivity contribution is 9.11. The fourth-order valence-electron chi connectivity index (χ4n) is 1.73. The van der Waals surface area contributed by atoms with Gasteiger partial charge in [0.15, 0.2) is 0 Å². The van der Waals surface area contributed by atoms with Gasteiger partial charge < -0.3 is 5.11 Å². The Hall–Kier alpha value is -0.780. The Bertz CT molecular complexity index is 521. The molecule has 0 aliphatic heterocycles. The molecule has 2 rings (SSSR count). The second kappa shape index (κ2) is 5.91. The van der Waals surface area contributed by atoms with Crippen molar-refractivity contribution < 1.29 is 13.9 Å². The molecule has 1 heterocycles. The third-order valence-electron chi connectivity index (χ3n) is 2.57. The standard InChI is InChI=1S/C13H11BrF2OS/c14-13-5-4-9(18-13)6-8(17)7-10-11(15)2-1-3-12(10)16/h1-5,8,17H,6-7H2. The van der Waals surface area contributed by atoms with E-state index in [0.717, 1.165) is 8.66 Å². The Morgan fingerprint density at radius 3 is 2.33 bits per heavy atom. The quantitative estimate of drug-likeness (QED) is 0.899. The number of hydrogen-bond acceptors (Lipinski definition) is 2. The van der Waals surface area contributed by atoms with E-state index >= 15 is 0 Å². The van der Waals surface area contributed by atoms with Crippen molar-refractivity contribution in [3.63, 3.8) is 0 Å². The van der Waals surface area contributed by atoms with Gasteiger partial charge in [0.1, 0.15) is 11.6 Å². The van der Waals surface area contributed by atoms with Gasteiger partial charge in [0, 0.05) is 23.3 Å². The topological polar surface area (TPSA) is 20.2 Å². The van der Waals surface area contributed by atoms with Crippen LogP contribution in [-0.4, -0.2) is 11.2 Å². The van der Waals surface area contributed by atoms with Crippen LogP contribution < -0.4 is 0 Å². The Kier molecular flexibility index (Phi) is 4.48. The van der Waals surface area contributed by atoms with E-state index in [2.05, 4.69) is 15.9 Å². The van der Waals surface area contributed by atoms with Gasteiger partial charge in [0.25, 0.3) is 0 Å². The molecule has 1 nitrogen and oxygen atoms in total. The van der Waals surface area contributed by atoms with Gasteiger partial charge in [0.2, 0.25) is 0 Å². The van der Waals surface area contributed by atoms with E-state index in [9.17, 15) is 13.9 Å². The van der Waals surface area contributed by atoms with Crippen molar-refractivity contribution in [1.29, 1.82) is 0 Å². The average molecular weight is 333 g/mol. The van der Waals surface area contributed by atoms with Crippen LogP contribution in [0.1, 0.15) is 10.4 Å². The first-order valence-electron chi connectivity index (χ1n) is 5.41. The van der Waals surface area contributed by atoms with Gasteiger partial charge in [0.05, 0.1) is 9.89 Å². The lowest BCUT2D eigenvalue weighted by Crippen LogP contribution is -2.15. The van der Waals surface area contributed by atoms with E-state index in [1.807, 2.05) is 12.1 Å². The highest BCUT2D eigenvalue weighted by Crippen LogP contribution is 2.24. The molecule has 18 heavy (non-hydrogen) atoms. The summed E-state index contributed by atoms with van der Waals surface area (Å²) in [4.78, 5) is 0.978. The first-order valence-corrected chi connectivity index (χ1v) is 7.02. The number of halogens is 3. The molecule has 5 heteroatoms. The highest BCUT2D eigenvalue weighted by atomic mass is 79.9. The van der Waals surface area contributed by atoms with Crippen LogP contribution in [0.15, 0.2) is 34.1 Å². The zero-order valence-corrected chi connectivity index (χ0v) is 11.8. The predicted molar refractivity (Wildman–Crippen MR) is 71.8 cm³/mol. The summed E-state index contributed by atoms with van der Waals surface area (Å²) >= 11 is 4.83. The Morgan fingerprint density at radius 1 is 1.11 bits per heavy atom. The predicted octanol–water partition coefficient (Wildman–Crippen LogP) is 3.93. The smallest absolute Gasteiger partial charge is 0.129 e. The highest BCUT2D eigenvalue weighted by Gasteiger charge is 2.14. The summed E-state index contributed by atoms with van der Waals surface area (Å²) < 4.78 is 27.8. The van der Waals surface area contributed by atoms with Gasteiger partial charge in [-0.05, 0) is 40.2 Å². The van der Waals surface area contributed by atoms with Gasteiger partial charge in [-0.3, -0.25) is 0 Å². The molecule has 1 unspecified atom stereocenters. The summed E-state index contributed by atoms with van der Waals surface area (Å²) in [7, 11) is 0. The number of hydrogen-bond donors (Lipinski definition) is 1. The first-order chi connectivity index (χ1) is 8.56. The lowest BCUT2D eigenvalue weighted by atomic mass is 10.0. The second-order valence-electron chi connectivity index (χ2n) is 3.97. The molecule has 0 spiro atoms. The molecule has 0 radical (unpaired) electrons. The summed E-state index contributed by atoms with van der Waals surface area (Å²) in [6.45, 7) is 0. The van der Waals surface area contributed by atoms with E-state index in [-0.39, 0.29) is 12.0 Å². The molecule has 0 saturated heterocycles. The number of aliphatic hydroxyl groups is 1. The van der Waals surface area contributed by atoms with E-state index in [4.69, 9.17) is 0 Å². The molecule has 1 aromatic carbocycles. The minimum Gasteiger partial charge on any atom is -0.392 e. The molecule has 1 aromatic heterocycles. The van der Waals surface area contributed by atoms with Crippen LogP contribution in [0.4, 0.5) is 8.78 Å². The van der Waals surface area contributed by atoms with E-state index in [1.54, 1.807) is 0 Å². The van der Waals surface area contributed by atoms with Crippen molar-refractivity contribution in [3.05, 3.63) is 56.2 Å². The summed E-state index contributed by atoms with van der Waals surface area (Å²) in [5.74, 6) is -1.22.